The van der Waals surface area contributed by atoms with E-state index in [9.17, 15) is 0 Å². The van der Waals surface area contributed by atoms with E-state index in [1.54, 1.807) is 0 Å². The molecule has 94 valence electrons. The number of oxazole rings is 1. The Kier molecular flexibility index (Phi) is 2.82. The molecule has 1 aromatic rings. The fourth-order valence-electron chi connectivity index (χ4n) is 3.47. The van der Waals surface area contributed by atoms with Crippen molar-refractivity contribution in [3.63, 3.8) is 0 Å². The standard InChI is InChI=1S/C13H21N3O/c1-2-5-16-6-3-4-9-7-10-12(8-11(9)16)17-13(14)15-10/h9,11H,2-8H2,1H3,(H2,14,15)/t9-,11?/m1/s1. The minimum absolute atomic E-state index is 0.343. The second-order valence-corrected chi connectivity index (χ2v) is 5.34. The normalized spacial score (nSPS) is 28.8. The Labute approximate surface area is 102 Å². The summed E-state index contributed by atoms with van der Waals surface area (Å²) in [5, 5.41) is 0. The summed E-state index contributed by atoms with van der Waals surface area (Å²) in [6, 6.07) is 0.999. The lowest BCUT2D eigenvalue weighted by atomic mass is 9.79. The highest BCUT2D eigenvalue weighted by molar-refractivity contribution is 5.24. The maximum absolute atomic E-state index is 5.65. The van der Waals surface area contributed by atoms with Crippen LogP contribution in [0.2, 0.25) is 0 Å². The Morgan fingerprint density at radius 2 is 2.35 bits per heavy atom. The number of nitrogens with zero attached hydrogens (tertiary/aromatic N) is 2. The van der Waals surface area contributed by atoms with Gasteiger partial charge in [-0.1, -0.05) is 6.92 Å². The van der Waals surface area contributed by atoms with Crippen molar-refractivity contribution in [3.05, 3.63) is 11.5 Å². The van der Waals surface area contributed by atoms with E-state index in [1.165, 1.54) is 32.4 Å². The summed E-state index contributed by atoms with van der Waals surface area (Å²) < 4.78 is 5.52. The Hall–Kier alpha value is -1.03. The fourth-order valence-corrected chi connectivity index (χ4v) is 3.47. The minimum atomic E-state index is 0.343. The lowest BCUT2D eigenvalue weighted by molar-refractivity contribution is 0.0800. The molecule has 3 rings (SSSR count). The first-order valence-electron chi connectivity index (χ1n) is 6.76. The molecule has 1 aromatic heterocycles. The van der Waals surface area contributed by atoms with Crippen molar-refractivity contribution in [1.29, 1.82) is 0 Å². The largest absolute Gasteiger partial charge is 0.429 e. The molecule has 2 N–H and O–H groups in total. The highest BCUT2D eigenvalue weighted by Crippen LogP contribution is 2.35. The van der Waals surface area contributed by atoms with Gasteiger partial charge >= 0.3 is 0 Å². The van der Waals surface area contributed by atoms with E-state index in [-0.39, 0.29) is 0 Å². The molecule has 1 saturated heterocycles. The third-order valence-corrected chi connectivity index (χ3v) is 4.19. The summed E-state index contributed by atoms with van der Waals surface area (Å²) in [4.78, 5) is 6.94. The van der Waals surface area contributed by atoms with Gasteiger partial charge in [0.1, 0.15) is 5.76 Å². The monoisotopic (exact) mass is 235 g/mol. The van der Waals surface area contributed by atoms with E-state index in [0.717, 1.165) is 30.2 Å². The predicted octanol–water partition coefficient (Wildman–Crippen LogP) is 1.85. The number of aromatic nitrogens is 1. The molecule has 1 unspecified atom stereocenters. The summed E-state index contributed by atoms with van der Waals surface area (Å²) >= 11 is 0. The van der Waals surface area contributed by atoms with Gasteiger partial charge in [0.15, 0.2) is 0 Å². The van der Waals surface area contributed by atoms with Crippen molar-refractivity contribution in [2.75, 3.05) is 18.8 Å². The summed E-state index contributed by atoms with van der Waals surface area (Å²) in [5.74, 6) is 1.79. The van der Waals surface area contributed by atoms with Crippen LogP contribution in [0.4, 0.5) is 6.01 Å². The number of hydrogen-bond donors (Lipinski definition) is 1. The Morgan fingerprint density at radius 1 is 1.47 bits per heavy atom. The van der Waals surface area contributed by atoms with Gasteiger partial charge in [0.05, 0.1) is 5.69 Å². The lowest BCUT2D eigenvalue weighted by Gasteiger charge is -2.43. The molecule has 17 heavy (non-hydrogen) atoms. The zero-order valence-corrected chi connectivity index (χ0v) is 10.5. The number of piperidine rings is 1. The van der Waals surface area contributed by atoms with Crippen LogP contribution in [0.3, 0.4) is 0 Å². The topological polar surface area (TPSA) is 55.3 Å². The average Bonchev–Trinajstić information content (AvgIpc) is 2.66. The van der Waals surface area contributed by atoms with E-state index in [0.29, 0.717) is 12.1 Å². The fraction of sp³-hybridized carbons (Fsp3) is 0.769. The summed E-state index contributed by atoms with van der Waals surface area (Å²) in [6.45, 7) is 4.71. The molecule has 0 amide bonds. The number of nitrogen functional groups attached to an aromatic ring is 1. The highest BCUT2D eigenvalue weighted by atomic mass is 16.4. The van der Waals surface area contributed by atoms with E-state index in [1.807, 2.05) is 0 Å². The molecule has 1 aliphatic carbocycles. The number of anilines is 1. The quantitative estimate of drug-likeness (QED) is 0.850. The van der Waals surface area contributed by atoms with E-state index >= 15 is 0 Å². The summed E-state index contributed by atoms with van der Waals surface area (Å²) in [7, 11) is 0. The first kappa shape index (κ1) is 11.1. The molecule has 2 aliphatic rings. The van der Waals surface area contributed by atoms with Gasteiger partial charge in [0.2, 0.25) is 0 Å². The summed E-state index contributed by atoms with van der Waals surface area (Å²) in [6.07, 6.45) is 5.95. The Bertz CT molecular complexity index is 399. The van der Waals surface area contributed by atoms with Gasteiger partial charge in [-0.3, -0.25) is 4.90 Å². The molecular formula is C13H21N3O. The SMILES string of the molecule is CCCN1CCC[C@@H]2Cc3nc(N)oc3CC21. The number of hydrogen-bond acceptors (Lipinski definition) is 4. The molecule has 0 radical (unpaired) electrons. The number of rotatable bonds is 2. The molecule has 4 nitrogen and oxygen atoms in total. The zero-order valence-electron chi connectivity index (χ0n) is 10.5. The van der Waals surface area contributed by atoms with Crippen LogP contribution in [-0.2, 0) is 12.8 Å². The smallest absolute Gasteiger partial charge is 0.292 e. The third-order valence-electron chi connectivity index (χ3n) is 4.19. The van der Waals surface area contributed by atoms with Crippen LogP contribution >= 0.6 is 0 Å². The second-order valence-electron chi connectivity index (χ2n) is 5.34. The lowest BCUT2D eigenvalue weighted by Crippen LogP contribution is -2.49. The molecule has 2 atom stereocenters. The van der Waals surface area contributed by atoms with Crippen molar-refractivity contribution in [1.82, 2.24) is 9.88 Å². The van der Waals surface area contributed by atoms with Crippen LogP contribution in [0.15, 0.2) is 4.42 Å². The molecule has 0 bridgehead atoms. The first-order chi connectivity index (χ1) is 8.28. The van der Waals surface area contributed by atoms with E-state index in [2.05, 4.69) is 16.8 Å². The zero-order chi connectivity index (χ0) is 11.8. The molecule has 4 heteroatoms. The van der Waals surface area contributed by atoms with E-state index in [4.69, 9.17) is 10.2 Å². The van der Waals surface area contributed by atoms with Crippen molar-refractivity contribution >= 4 is 6.01 Å². The summed E-state index contributed by atoms with van der Waals surface area (Å²) in [5.41, 5.74) is 6.76. The van der Waals surface area contributed by atoms with E-state index < -0.39 is 0 Å². The van der Waals surface area contributed by atoms with Crippen LogP contribution < -0.4 is 5.73 Å². The van der Waals surface area contributed by atoms with Crippen molar-refractivity contribution < 1.29 is 4.42 Å². The molecule has 0 spiro atoms. The van der Waals surface area contributed by atoms with Crippen molar-refractivity contribution in [3.8, 4) is 0 Å². The molecule has 1 fully saturated rings. The van der Waals surface area contributed by atoms with Crippen LogP contribution in [0.25, 0.3) is 0 Å². The molecular weight excluding hydrogens is 214 g/mol. The minimum Gasteiger partial charge on any atom is -0.429 e. The molecule has 2 heterocycles. The second kappa shape index (κ2) is 4.33. The van der Waals surface area contributed by atoms with Gasteiger partial charge in [-0.05, 0) is 44.7 Å². The number of fused-ring (bicyclic) bond motifs is 2. The third kappa shape index (κ3) is 1.95. The van der Waals surface area contributed by atoms with Gasteiger partial charge in [-0.15, -0.1) is 0 Å². The molecule has 0 saturated carbocycles. The maximum Gasteiger partial charge on any atom is 0.292 e. The molecule has 0 aromatic carbocycles. The van der Waals surface area contributed by atoms with Gasteiger partial charge in [-0.25, -0.2) is 0 Å². The predicted molar refractivity (Wildman–Crippen MR) is 66.7 cm³/mol. The van der Waals surface area contributed by atoms with Crippen LogP contribution in [0, 0.1) is 5.92 Å². The number of likely N-dealkylation sites (tertiary alicyclic amines) is 1. The first-order valence-corrected chi connectivity index (χ1v) is 6.76. The van der Waals surface area contributed by atoms with Gasteiger partial charge < -0.3 is 10.2 Å². The molecule has 1 aliphatic heterocycles. The van der Waals surface area contributed by atoms with Crippen molar-refractivity contribution in [2.24, 2.45) is 5.92 Å². The van der Waals surface area contributed by atoms with Crippen molar-refractivity contribution in [2.45, 2.75) is 45.1 Å². The maximum atomic E-state index is 5.65. The Balaban J connectivity index is 1.83. The van der Waals surface area contributed by atoms with Gasteiger partial charge in [0.25, 0.3) is 6.01 Å². The van der Waals surface area contributed by atoms with Crippen LogP contribution in [0.1, 0.15) is 37.6 Å². The average molecular weight is 235 g/mol. The number of nitrogens with two attached hydrogens (primary N) is 1. The highest BCUT2D eigenvalue weighted by Gasteiger charge is 2.37. The van der Waals surface area contributed by atoms with Gasteiger partial charge in [-0.2, -0.15) is 4.98 Å². The Morgan fingerprint density at radius 3 is 3.18 bits per heavy atom. The van der Waals surface area contributed by atoms with Crippen LogP contribution in [0.5, 0.6) is 0 Å². The van der Waals surface area contributed by atoms with Gasteiger partial charge in [0, 0.05) is 12.5 Å². The van der Waals surface area contributed by atoms with Crippen LogP contribution in [-0.4, -0.2) is 29.0 Å².